The Hall–Kier alpha value is -4.27. The fraction of sp³-hybridized carbons (Fsp3) is 0.0345. The fourth-order valence-electron chi connectivity index (χ4n) is 4.21. The molecule has 0 fully saturated rings. The van der Waals surface area contributed by atoms with Gasteiger partial charge in [-0.15, -0.1) is 0 Å². The summed E-state index contributed by atoms with van der Waals surface area (Å²) in [5, 5.41) is 28.4. The summed E-state index contributed by atoms with van der Waals surface area (Å²) in [6.45, 7) is 0. The predicted molar refractivity (Wildman–Crippen MR) is 170 cm³/mol. The Morgan fingerprint density at radius 1 is 0.673 bits per heavy atom. The van der Waals surface area contributed by atoms with E-state index in [1.807, 2.05) is 0 Å². The van der Waals surface area contributed by atoms with Gasteiger partial charge in [0.15, 0.2) is 5.75 Å². The number of fused-ring (bicyclic) bond motifs is 2. The molecule has 20 heteroatoms. The van der Waals surface area contributed by atoms with Crippen molar-refractivity contribution in [1.29, 1.82) is 0 Å². The van der Waals surface area contributed by atoms with Crippen LogP contribution in [0.2, 0.25) is 10.0 Å². The quantitative estimate of drug-likeness (QED) is 0.124. The Morgan fingerprint density at radius 3 is 1.55 bits per heavy atom. The van der Waals surface area contributed by atoms with Crippen LogP contribution in [0, 0.1) is 37.7 Å². The summed E-state index contributed by atoms with van der Waals surface area (Å²) in [7, 11) is 1.34. The summed E-state index contributed by atoms with van der Waals surface area (Å²) < 4.78 is 45.1. The smallest absolute Gasteiger partial charge is 0.870 e. The van der Waals surface area contributed by atoms with Crippen LogP contribution in [0.1, 0.15) is 0 Å². The van der Waals surface area contributed by atoms with Crippen molar-refractivity contribution in [3.8, 4) is 5.75 Å². The van der Waals surface area contributed by atoms with Gasteiger partial charge in [-0.05, 0) is 36.4 Å². The number of benzene rings is 4. The van der Waals surface area contributed by atoms with Crippen molar-refractivity contribution in [3.63, 3.8) is 0 Å². The second-order valence-electron chi connectivity index (χ2n) is 9.33. The number of nitrogens with one attached hydrogen (secondary N) is 2. The summed E-state index contributed by atoms with van der Waals surface area (Å²) >= 11 is 11.5. The van der Waals surface area contributed by atoms with Gasteiger partial charge in [0, 0.05) is 35.6 Å². The number of methoxy groups -OCH3 is 1. The van der Waals surface area contributed by atoms with Crippen LogP contribution >= 0.6 is 23.2 Å². The van der Waals surface area contributed by atoms with Crippen molar-refractivity contribution in [1.82, 2.24) is 19.9 Å². The second-order valence-corrected chi connectivity index (χ2v) is 10.1. The molecular formula is C29H18Cl2F3KN8O6. The number of nitro groups is 2. The largest absolute Gasteiger partial charge is 1.00 e. The Labute approximate surface area is 325 Å². The maximum absolute atomic E-state index is 13.6. The van der Waals surface area contributed by atoms with Crippen molar-refractivity contribution in [2.45, 2.75) is 0 Å². The molecule has 49 heavy (non-hydrogen) atoms. The Balaban J connectivity index is 0.000000255. The number of ether oxygens (including phenoxy) is 1. The van der Waals surface area contributed by atoms with Gasteiger partial charge in [0.05, 0.1) is 48.8 Å². The van der Waals surface area contributed by atoms with Gasteiger partial charge in [-0.2, -0.15) is 4.39 Å². The molecule has 14 nitrogen and oxygen atoms in total. The number of nitrogens with zero attached hydrogens (tertiary/aromatic N) is 6. The van der Waals surface area contributed by atoms with E-state index in [1.54, 1.807) is 0 Å². The third-order valence-electron chi connectivity index (χ3n) is 6.40. The summed E-state index contributed by atoms with van der Waals surface area (Å²) in [6, 6.07) is 12.8. The average molecular weight is 742 g/mol. The molecular weight excluding hydrogens is 723 g/mol. The van der Waals surface area contributed by atoms with E-state index in [0.717, 1.165) is 18.2 Å². The van der Waals surface area contributed by atoms with E-state index < -0.39 is 33.0 Å². The summed E-state index contributed by atoms with van der Waals surface area (Å²) in [5.41, 5.74) is 0.665. The number of halogens is 5. The van der Waals surface area contributed by atoms with Gasteiger partial charge >= 0.3 is 62.8 Å². The molecule has 6 aromatic rings. The zero-order chi connectivity index (χ0) is 33.8. The maximum Gasteiger partial charge on any atom is 1.00 e. The van der Waals surface area contributed by atoms with Crippen molar-refractivity contribution in [2.24, 2.45) is 0 Å². The van der Waals surface area contributed by atoms with Gasteiger partial charge in [0.2, 0.25) is 5.82 Å². The Kier molecular flexibility index (Phi) is 13.5. The van der Waals surface area contributed by atoms with Crippen molar-refractivity contribution in [3.05, 3.63) is 121 Å². The molecule has 0 aliphatic heterocycles. The van der Waals surface area contributed by atoms with Gasteiger partial charge in [0.25, 0.3) is 0 Å². The predicted octanol–water partition coefficient (Wildman–Crippen LogP) is 5.12. The standard InChI is InChI=1S/C15H10ClFN4O3.C14H7ClF2N4O2.K.H2O/c1-24-14-6-12-9(5-13(14)21(22)23)15(19-7-18-12)20-8-2-3-11(17)10(16)4-8;15-9-3-7(1-2-10(9)16)20-14-8-4-13(21(22)23)11(17)5-12(8)18-6-19-14;;/h2-7H,1H3,(H,18,19,20);1-6H,(H,18,19,20);;1H2/q;;+1;/p-1. The van der Waals surface area contributed by atoms with Gasteiger partial charge in [-0.25, -0.2) is 28.7 Å². The zero-order valence-corrected chi connectivity index (χ0v) is 29.6. The van der Waals surface area contributed by atoms with Crippen LogP contribution in [0.3, 0.4) is 0 Å². The van der Waals surface area contributed by atoms with Crippen LogP contribution in [-0.2, 0) is 0 Å². The number of hydrogen-bond acceptors (Lipinski definition) is 12. The van der Waals surface area contributed by atoms with E-state index in [4.69, 9.17) is 27.9 Å². The third-order valence-corrected chi connectivity index (χ3v) is 6.98. The monoisotopic (exact) mass is 740 g/mol. The maximum atomic E-state index is 13.6. The third kappa shape index (κ3) is 9.05. The van der Waals surface area contributed by atoms with Crippen LogP contribution in [0.15, 0.2) is 73.3 Å². The number of anilines is 4. The van der Waals surface area contributed by atoms with E-state index in [0.29, 0.717) is 28.1 Å². The first-order chi connectivity index (χ1) is 22.4. The van der Waals surface area contributed by atoms with Gasteiger partial charge < -0.3 is 20.8 Å². The van der Waals surface area contributed by atoms with E-state index in [-0.39, 0.29) is 95.1 Å². The van der Waals surface area contributed by atoms with Crippen molar-refractivity contribution in [2.75, 3.05) is 17.7 Å². The normalized spacial score (nSPS) is 10.2. The van der Waals surface area contributed by atoms with Crippen LogP contribution in [0.5, 0.6) is 5.75 Å². The molecule has 0 saturated heterocycles. The SMILES string of the molecule is COc1cc2ncnc(Nc3ccc(F)c(Cl)c3)c2cc1[N+](=O)[O-].O=[N+]([O-])c1cc2c(Nc3ccc(F)c(Cl)c3)ncnc2cc1F.[K+].[OH-]. The molecule has 0 bridgehead atoms. The topological polar surface area (TPSA) is 201 Å². The summed E-state index contributed by atoms with van der Waals surface area (Å²) in [4.78, 5) is 36.7. The molecule has 0 amide bonds. The van der Waals surface area contributed by atoms with Crippen LogP contribution in [0.4, 0.5) is 47.6 Å². The molecule has 3 N–H and O–H groups in total. The summed E-state index contributed by atoms with van der Waals surface area (Å²) in [6.07, 6.45) is 2.49. The summed E-state index contributed by atoms with van der Waals surface area (Å²) in [5.74, 6) is -1.48. The Bertz CT molecular complexity index is 2210. The van der Waals surface area contributed by atoms with E-state index in [2.05, 4.69) is 30.6 Å². The van der Waals surface area contributed by atoms with Crippen LogP contribution < -0.4 is 66.8 Å². The molecule has 0 spiro atoms. The average Bonchev–Trinajstić information content (AvgIpc) is 3.04. The van der Waals surface area contributed by atoms with E-state index in [9.17, 15) is 33.4 Å². The molecule has 0 aliphatic carbocycles. The van der Waals surface area contributed by atoms with Crippen LogP contribution in [0.25, 0.3) is 21.8 Å². The van der Waals surface area contributed by atoms with Gasteiger partial charge in [-0.1, -0.05) is 23.2 Å². The van der Waals surface area contributed by atoms with Crippen LogP contribution in [-0.4, -0.2) is 42.4 Å². The van der Waals surface area contributed by atoms with Gasteiger partial charge in [0.1, 0.15) is 35.9 Å². The minimum atomic E-state index is -0.989. The Morgan fingerprint density at radius 2 is 1.12 bits per heavy atom. The van der Waals surface area contributed by atoms with Crippen molar-refractivity contribution < 1.29 is 84.6 Å². The second kappa shape index (κ2) is 16.9. The molecule has 4 aromatic carbocycles. The number of rotatable bonds is 7. The minimum absolute atomic E-state index is 0. The molecule has 246 valence electrons. The molecule has 0 atom stereocenters. The molecule has 0 aliphatic rings. The first kappa shape index (κ1) is 39.2. The number of hydrogen-bond donors (Lipinski definition) is 2. The van der Waals surface area contributed by atoms with E-state index in [1.165, 1.54) is 62.2 Å². The molecule has 0 saturated carbocycles. The zero-order valence-electron chi connectivity index (χ0n) is 25.0. The molecule has 0 radical (unpaired) electrons. The first-order valence-electron chi connectivity index (χ1n) is 12.9. The van der Waals surface area contributed by atoms with Gasteiger partial charge in [-0.3, -0.25) is 20.2 Å². The number of nitro benzene ring substituents is 2. The first-order valence-corrected chi connectivity index (χ1v) is 13.7. The fourth-order valence-corrected chi connectivity index (χ4v) is 4.57. The molecule has 0 unspecified atom stereocenters. The molecule has 2 aromatic heterocycles. The van der Waals surface area contributed by atoms with Crippen molar-refractivity contribution >= 4 is 79.4 Å². The number of aromatic nitrogens is 4. The van der Waals surface area contributed by atoms with E-state index >= 15 is 0 Å². The minimum Gasteiger partial charge on any atom is -0.870 e. The molecule has 6 rings (SSSR count). The molecule has 2 heterocycles.